The lowest BCUT2D eigenvalue weighted by Crippen LogP contribution is -2.30. The Hall–Kier alpha value is -5.22. The molecule has 4 aromatic carbocycles. The molecular weight excluding hydrogens is 590 g/mol. The van der Waals surface area contributed by atoms with Gasteiger partial charge in [-0.2, -0.15) is 0 Å². The van der Waals surface area contributed by atoms with Gasteiger partial charge in [0.15, 0.2) is 11.5 Å². The Kier molecular flexibility index (Phi) is 11.6. The summed E-state index contributed by atoms with van der Waals surface area (Å²) in [4.78, 5) is 40.6. The van der Waals surface area contributed by atoms with E-state index in [2.05, 4.69) is 16.0 Å². The van der Waals surface area contributed by atoms with Crippen molar-refractivity contribution in [2.45, 2.75) is 23.5 Å². The molecule has 232 valence electrons. The SMILES string of the molecule is CCC(Sc1cccc(NC(=O)/C(=C\c2cc(OC)c(OC)cc2OC)NC(=O)c2ccccc2)c1)C(=O)Nc1ccccc1. The van der Waals surface area contributed by atoms with E-state index < -0.39 is 11.8 Å². The van der Waals surface area contributed by atoms with Crippen LogP contribution in [0.1, 0.15) is 29.3 Å². The van der Waals surface area contributed by atoms with Gasteiger partial charge in [-0.15, -0.1) is 11.8 Å². The molecule has 0 aliphatic carbocycles. The minimum Gasteiger partial charge on any atom is -0.496 e. The molecule has 0 fully saturated rings. The molecule has 1 atom stereocenters. The zero-order valence-electron chi connectivity index (χ0n) is 25.5. The third-order valence-electron chi connectivity index (χ3n) is 6.64. The number of hydrogen-bond acceptors (Lipinski definition) is 7. The minimum atomic E-state index is -0.563. The molecule has 0 spiro atoms. The van der Waals surface area contributed by atoms with E-state index in [0.29, 0.717) is 40.5 Å². The average Bonchev–Trinajstić information content (AvgIpc) is 3.07. The predicted octanol–water partition coefficient (Wildman–Crippen LogP) is 6.63. The van der Waals surface area contributed by atoms with E-state index >= 15 is 0 Å². The summed E-state index contributed by atoms with van der Waals surface area (Å²) in [6, 6.07) is 28.4. The number of nitrogens with one attached hydrogen (secondary N) is 3. The Labute approximate surface area is 267 Å². The first-order valence-electron chi connectivity index (χ1n) is 14.2. The van der Waals surface area contributed by atoms with Gasteiger partial charge in [0, 0.05) is 33.5 Å². The van der Waals surface area contributed by atoms with E-state index in [1.54, 1.807) is 60.7 Å². The molecule has 0 heterocycles. The first-order chi connectivity index (χ1) is 21.8. The van der Waals surface area contributed by atoms with Crippen LogP contribution in [-0.4, -0.2) is 44.3 Å². The van der Waals surface area contributed by atoms with Crippen LogP contribution in [0.15, 0.2) is 108 Å². The van der Waals surface area contributed by atoms with E-state index in [0.717, 1.165) is 10.6 Å². The van der Waals surface area contributed by atoms with Crippen molar-refractivity contribution in [3.05, 3.63) is 114 Å². The Morgan fingerprint density at radius 3 is 2.00 bits per heavy atom. The van der Waals surface area contributed by atoms with Crippen molar-refractivity contribution in [1.82, 2.24) is 5.32 Å². The molecule has 0 aromatic heterocycles. The van der Waals surface area contributed by atoms with Gasteiger partial charge in [-0.1, -0.05) is 49.4 Å². The van der Waals surface area contributed by atoms with Crippen molar-refractivity contribution in [2.75, 3.05) is 32.0 Å². The van der Waals surface area contributed by atoms with Crippen molar-refractivity contribution in [2.24, 2.45) is 0 Å². The molecule has 10 heteroatoms. The van der Waals surface area contributed by atoms with Crippen LogP contribution < -0.4 is 30.2 Å². The van der Waals surface area contributed by atoms with Crippen LogP contribution in [0.2, 0.25) is 0 Å². The molecule has 9 nitrogen and oxygen atoms in total. The molecular formula is C35H35N3O6S. The fourth-order valence-electron chi connectivity index (χ4n) is 4.34. The standard InChI is InChI=1S/C35H35N3O6S/c1-5-32(35(41)36-25-15-10-7-11-16-25)45-27-18-12-17-26(21-27)37-34(40)28(38-33(39)23-13-8-6-9-14-23)19-24-20-30(43-3)31(44-4)22-29(24)42-2/h6-22,32H,5H2,1-4H3,(H,36,41)(H,37,40)(H,38,39)/b28-19+. The quantitative estimate of drug-likeness (QED) is 0.113. The van der Waals surface area contributed by atoms with Gasteiger partial charge >= 0.3 is 0 Å². The summed E-state index contributed by atoms with van der Waals surface area (Å²) in [7, 11) is 4.51. The number of methoxy groups -OCH3 is 3. The highest BCUT2D eigenvalue weighted by molar-refractivity contribution is 8.00. The third kappa shape index (κ3) is 8.90. The van der Waals surface area contributed by atoms with Crippen LogP contribution in [-0.2, 0) is 9.59 Å². The fraction of sp³-hybridized carbons (Fsp3) is 0.171. The molecule has 0 radical (unpaired) electrons. The summed E-state index contributed by atoms with van der Waals surface area (Å²) in [5.41, 5.74) is 2.05. The second-order valence-corrected chi connectivity index (χ2v) is 11.0. The monoisotopic (exact) mass is 625 g/mol. The van der Waals surface area contributed by atoms with Crippen LogP contribution in [0, 0.1) is 0 Å². The molecule has 0 aliphatic heterocycles. The number of carbonyl (C=O) groups excluding carboxylic acids is 3. The van der Waals surface area contributed by atoms with Crippen molar-refractivity contribution >= 4 is 46.9 Å². The lowest BCUT2D eigenvalue weighted by atomic mass is 10.1. The normalized spacial score (nSPS) is 11.6. The Morgan fingerprint density at radius 1 is 0.733 bits per heavy atom. The average molecular weight is 626 g/mol. The Balaban J connectivity index is 1.60. The highest BCUT2D eigenvalue weighted by Crippen LogP contribution is 2.36. The Bertz CT molecular complexity index is 1660. The highest BCUT2D eigenvalue weighted by atomic mass is 32.2. The minimum absolute atomic E-state index is 0.0268. The molecule has 0 saturated carbocycles. The molecule has 3 N–H and O–H groups in total. The second kappa shape index (κ2) is 16.0. The van der Waals surface area contributed by atoms with E-state index in [-0.39, 0.29) is 16.9 Å². The Morgan fingerprint density at radius 2 is 1.36 bits per heavy atom. The summed E-state index contributed by atoms with van der Waals surface area (Å²) in [6.45, 7) is 1.95. The zero-order chi connectivity index (χ0) is 32.2. The number of benzene rings is 4. The molecule has 4 rings (SSSR count). The molecule has 4 aromatic rings. The van der Waals surface area contributed by atoms with Gasteiger partial charge in [0.2, 0.25) is 5.91 Å². The van der Waals surface area contributed by atoms with Gasteiger partial charge in [-0.05, 0) is 61.0 Å². The number of para-hydroxylation sites is 1. The maximum Gasteiger partial charge on any atom is 0.272 e. The molecule has 0 bridgehead atoms. The van der Waals surface area contributed by atoms with Gasteiger partial charge in [0.1, 0.15) is 11.4 Å². The predicted molar refractivity (Wildman–Crippen MR) is 178 cm³/mol. The number of amides is 3. The van der Waals surface area contributed by atoms with Gasteiger partial charge in [-0.3, -0.25) is 14.4 Å². The maximum absolute atomic E-state index is 13.7. The van der Waals surface area contributed by atoms with Crippen LogP contribution in [0.4, 0.5) is 11.4 Å². The topological polar surface area (TPSA) is 115 Å². The van der Waals surface area contributed by atoms with Crippen molar-refractivity contribution < 1.29 is 28.6 Å². The van der Waals surface area contributed by atoms with E-state index in [4.69, 9.17) is 14.2 Å². The van der Waals surface area contributed by atoms with Gasteiger partial charge < -0.3 is 30.2 Å². The second-order valence-electron chi connectivity index (χ2n) is 9.68. The largest absolute Gasteiger partial charge is 0.496 e. The van der Waals surface area contributed by atoms with Crippen molar-refractivity contribution in [3.63, 3.8) is 0 Å². The van der Waals surface area contributed by atoms with E-state index in [1.165, 1.54) is 39.2 Å². The first kappa shape index (κ1) is 32.7. The summed E-state index contributed by atoms with van der Waals surface area (Å²) < 4.78 is 16.4. The van der Waals surface area contributed by atoms with Crippen LogP contribution in [0.25, 0.3) is 6.08 Å². The van der Waals surface area contributed by atoms with Crippen molar-refractivity contribution in [3.8, 4) is 17.2 Å². The van der Waals surface area contributed by atoms with Gasteiger partial charge in [-0.25, -0.2) is 0 Å². The zero-order valence-corrected chi connectivity index (χ0v) is 26.3. The third-order valence-corrected chi connectivity index (χ3v) is 8.00. The maximum atomic E-state index is 13.7. The first-order valence-corrected chi connectivity index (χ1v) is 15.0. The number of rotatable bonds is 13. The molecule has 0 aliphatic rings. The summed E-state index contributed by atoms with van der Waals surface area (Å²) in [6.07, 6.45) is 2.11. The lowest BCUT2D eigenvalue weighted by Gasteiger charge is -2.16. The van der Waals surface area contributed by atoms with Gasteiger partial charge in [0.05, 0.1) is 26.6 Å². The molecule has 1 unspecified atom stereocenters. The smallest absolute Gasteiger partial charge is 0.272 e. The van der Waals surface area contributed by atoms with Crippen LogP contribution in [0.5, 0.6) is 17.2 Å². The van der Waals surface area contributed by atoms with E-state index in [1.807, 2.05) is 43.3 Å². The highest BCUT2D eigenvalue weighted by Gasteiger charge is 2.20. The fourth-order valence-corrected chi connectivity index (χ4v) is 5.35. The number of anilines is 2. The lowest BCUT2D eigenvalue weighted by molar-refractivity contribution is -0.116. The molecule has 0 saturated heterocycles. The number of hydrogen-bond donors (Lipinski definition) is 3. The number of carbonyl (C=O) groups is 3. The summed E-state index contributed by atoms with van der Waals surface area (Å²) in [5.74, 6) is 0.141. The molecule has 3 amide bonds. The van der Waals surface area contributed by atoms with Gasteiger partial charge in [0.25, 0.3) is 11.8 Å². The number of ether oxygens (including phenoxy) is 3. The van der Waals surface area contributed by atoms with Crippen LogP contribution in [0.3, 0.4) is 0 Å². The number of thioether (sulfide) groups is 1. The molecule has 45 heavy (non-hydrogen) atoms. The van der Waals surface area contributed by atoms with Crippen LogP contribution >= 0.6 is 11.8 Å². The van der Waals surface area contributed by atoms with E-state index in [9.17, 15) is 14.4 Å². The van der Waals surface area contributed by atoms with Crippen molar-refractivity contribution in [1.29, 1.82) is 0 Å². The summed E-state index contributed by atoms with van der Waals surface area (Å²) >= 11 is 1.40. The summed E-state index contributed by atoms with van der Waals surface area (Å²) in [5, 5.41) is 8.21.